The van der Waals surface area contributed by atoms with Gasteiger partial charge in [0.05, 0.1) is 5.69 Å². The Hall–Kier alpha value is -1.37. The number of aryl methyl sites for hydroxylation is 2. The summed E-state index contributed by atoms with van der Waals surface area (Å²) in [5.74, 6) is 0. The normalized spacial score (nSPS) is 11.6. The fourth-order valence-corrected chi connectivity index (χ4v) is 4.71. The number of nitrogens with two attached hydrogens (primary N) is 1. The quantitative estimate of drug-likeness (QED) is 0.944. The summed E-state index contributed by atoms with van der Waals surface area (Å²) >= 11 is 1.36. The molecule has 0 saturated heterocycles. The molecule has 0 saturated carbocycles. The minimum absolute atomic E-state index is 0.229. The minimum atomic E-state index is -3.56. The van der Waals surface area contributed by atoms with Crippen LogP contribution in [-0.2, 0) is 16.6 Å². The third-order valence-electron chi connectivity index (χ3n) is 3.22. The highest BCUT2D eigenvalue weighted by Gasteiger charge is 2.25. The average molecular weight is 310 g/mol. The van der Waals surface area contributed by atoms with Gasteiger partial charge in [0.1, 0.15) is 4.90 Å². The minimum Gasteiger partial charge on any atom is -0.326 e. The molecular weight excluding hydrogens is 292 g/mol. The molecule has 0 aliphatic heterocycles. The zero-order chi connectivity index (χ0) is 14.9. The van der Waals surface area contributed by atoms with Crippen LogP contribution in [0.2, 0.25) is 0 Å². The molecular formula is C14H18N2O2S2. The molecule has 6 heteroatoms. The van der Waals surface area contributed by atoms with Gasteiger partial charge in [-0.3, -0.25) is 4.31 Å². The fraction of sp³-hybridized carbons (Fsp3) is 0.286. The van der Waals surface area contributed by atoms with Crippen molar-refractivity contribution in [1.82, 2.24) is 0 Å². The lowest BCUT2D eigenvalue weighted by Crippen LogP contribution is -2.27. The maximum Gasteiger partial charge on any atom is 0.265 e. The van der Waals surface area contributed by atoms with Gasteiger partial charge < -0.3 is 5.73 Å². The van der Waals surface area contributed by atoms with Crippen molar-refractivity contribution in [3.05, 3.63) is 45.6 Å². The molecule has 1 aromatic heterocycles. The number of rotatable bonds is 4. The molecule has 108 valence electrons. The van der Waals surface area contributed by atoms with Gasteiger partial charge in [-0.1, -0.05) is 17.7 Å². The van der Waals surface area contributed by atoms with E-state index < -0.39 is 10.0 Å². The lowest BCUT2D eigenvalue weighted by molar-refractivity contribution is 0.593. The lowest BCUT2D eigenvalue weighted by Gasteiger charge is -2.21. The number of hydrogen-bond acceptors (Lipinski definition) is 4. The van der Waals surface area contributed by atoms with Gasteiger partial charge >= 0.3 is 0 Å². The number of benzene rings is 1. The van der Waals surface area contributed by atoms with E-state index in [-0.39, 0.29) is 6.54 Å². The Morgan fingerprint density at radius 1 is 1.25 bits per heavy atom. The highest BCUT2D eigenvalue weighted by Crippen LogP contribution is 2.29. The zero-order valence-electron chi connectivity index (χ0n) is 11.8. The fourth-order valence-electron chi connectivity index (χ4n) is 2.14. The van der Waals surface area contributed by atoms with Crippen molar-refractivity contribution in [3.63, 3.8) is 0 Å². The second-order valence-corrected chi connectivity index (χ2v) is 7.61. The van der Waals surface area contributed by atoms with Gasteiger partial charge in [-0.25, -0.2) is 8.42 Å². The van der Waals surface area contributed by atoms with Crippen LogP contribution >= 0.6 is 11.3 Å². The third kappa shape index (κ3) is 2.59. The van der Waals surface area contributed by atoms with E-state index in [1.54, 1.807) is 18.5 Å². The highest BCUT2D eigenvalue weighted by atomic mass is 32.2. The molecule has 0 unspecified atom stereocenters. The Kier molecular flexibility index (Phi) is 4.17. The summed E-state index contributed by atoms with van der Waals surface area (Å²) in [6.07, 6.45) is 0. The number of anilines is 1. The smallest absolute Gasteiger partial charge is 0.265 e. The Morgan fingerprint density at radius 2 is 1.95 bits per heavy atom. The first-order chi connectivity index (χ1) is 9.37. The number of hydrogen-bond donors (Lipinski definition) is 1. The molecule has 0 radical (unpaired) electrons. The van der Waals surface area contributed by atoms with E-state index in [0.717, 1.165) is 11.1 Å². The molecule has 0 bridgehead atoms. The van der Waals surface area contributed by atoms with Crippen LogP contribution in [-0.4, -0.2) is 15.5 Å². The predicted octanol–water partition coefficient (Wildman–Crippen LogP) is 2.65. The molecule has 0 aliphatic carbocycles. The molecule has 0 atom stereocenters. The van der Waals surface area contributed by atoms with E-state index in [9.17, 15) is 8.42 Å². The summed E-state index contributed by atoms with van der Waals surface area (Å²) in [6, 6.07) is 7.32. The molecule has 20 heavy (non-hydrogen) atoms. The summed E-state index contributed by atoms with van der Waals surface area (Å²) < 4.78 is 26.7. The van der Waals surface area contributed by atoms with Crippen molar-refractivity contribution in [3.8, 4) is 0 Å². The molecule has 0 amide bonds. The molecule has 1 heterocycles. The molecule has 2 aromatic rings. The van der Waals surface area contributed by atoms with Crippen molar-refractivity contribution >= 4 is 27.0 Å². The van der Waals surface area contributed by atoms with Crippen LogP contribution in [0.25, 0.3) is 0 Å². The van der Waals surface area contributed by atoms with E-state index >= 15 is 0 Å². The van der Waals surface area contributed by atoms with Gasteiger partial charge in [0.2, 0.25) is 0 Å². The third-order valence-corrected chi connectivity index (χ3v) is 6.15. The predicted molar refractivity (Wildman–Crippen MR) is 83.7 cm³/mol. The van der Waals surface area contributed by atoms with Crippen LogP contribution in [0, 0.1) is 13.8 Å². The molecule has 2 rings (SSSR count). The highest BCUT2D eigenvalue weighted by molar-refractivity contribution is 7.93. The standard InChI is InChI=1S/C14H18N2O2S2/c1-10-4-5-12(11(2)8-10)16(3)20(17,18)14-6-7-19-13(14)9-15/h4-8H,9,15H2,1-3H3. The summed E-state index contributed by atoms with van der Waals surface area (Å²) in [5.41, 5.74) is 8.33. The van der Waals surface area contributed by atoms with Crippen LogP contribution < -0.4 is 10.0 Å². The van der Waals surface area contributed by atoms with Gasteiger partial charge in [0, 0.05) is 18.5 Å². The first kappa shape index (κ1) is 15.0. The Morgan fingerprint density at radius 3 is 2.55 bits per heavy atom. The van der Waals surface area contributed by atoms with E-state index in [1.165, 1.54) is 15.6 Å². The summed E-state index contributed by atoms with van der Waals surface area (Å²) in [5, 5.41) is 1.75. The van der Waals surface area contributed by atoms with Crippen LogP contribution in [0.5, 0.6) is 0 Å². The Bertz CT molecular complexity index is 721. The van der Waals surface area contributed by atoms with Crippen LogP contribution in [0.4, 0.5) is 5.69 Å². The number of sulfonamides is 1. The summed E-state index contributed by atoms with van der Waals surface area (Å²) in [7, 11) is -1.99. The van der Waals surface area contributed by atoms with Crippen molar-refractivity contribution in [2.75, 3.05) is 11.4 Å². The number of nitrogens with zero attached hydrogens (tertiary/aromatic N) is 1. The maximum atomic E-state index is 12.7. The second kappa shape index (κ2) is 5.55. The topological polar surface area (TPSA) is 63.4 Å². The van der Waals surface area contributed by atoms with E-state index in [4.69, 9.17) is 5.73 Å². The van der Waals surface area contributed by atoms with Crippen molar-refractivity contribution in [1.29, 1.82) is 0 Å². The molecule has 0 aliphatic rings. The molecule has 1 aromatic carbocycles. The molecule has 4 nitrogen and oxygen atoms in total. The maximum absolute atomic E-state index is 12.7. The lowest BCUT2D eigenvalue weighted by atomic mass is 10.1. The van der Waals surface area contributed by atoms with Gasteiger partial charge in [-0.15, -0.1) is 11.3 Å². The van der Waals surface area contributed by atoms with E-state index in [2.05, 4.69) is 0 Å². The molecule has 0 spiro atoms. The van der Waals surface area contributed by atoms with Crippen LogP contribution in [0.15, 0.2) is 34.5 Å². The van der Waals surface area contributed by atoms with Crippen LogP contribution in [0.1, 0.15) is 16.0 Å². The van der Waals surface area contributed by atoms with E-state index in [0.29, 0.717) is 15.5 Å². The molecule has 0 fully saturated rings. The largest absolute Gasteiger partial charge is 0.326 e. The van der Waals surface area contributed by atoms with Gasteiger partial charge in [-0.05, 0) is 36.9 Å². The van der Waals surface area contributed by atoms with E-state index in [1.807, 2.05) is 32.0 Å². The van der Waals surface area contributed by atoms with Gasteiger partial charge in [0.25, 0.3) is 10.0 Å². The van der Waals surface area contributed by atoms with Gasteiger partial charge in [-0.2, -0.15) is 0 Å². The Labute approximate surface area is 123 Å². The average Bonchev–Trinajstić information content (AvgIpc) is 2.87. The monoisotopic (exact) mass is 310 g/mol. The van der Waals surface area contributed by atoms with Crippen molar-refractivity contribution in [2.45, 2.75) is 25.3 Å². The summed E-state index contributed by atoms with van der Waals surface area (Å²) in [6.45, 7) is 4.12. The number of thiophene rings is 1. The van der Waals surface area contributed by atoms with Gasteiger partial charge in [0.15, 0.2) is 0 Å². The SMILES string of the molecule is Cc1ccc(N(C)S(=O)(=O)c2ccsc2CN)c(C)c1. The Balaban J connectivity index is 2.49. The second-order valence-electron chi connectivity index (χ2n) is 4.67. The first-order valence-electron chi connectivity index (χ1n) is 6.20. The zero-order valence-corrected chi connectivity index (χ0v) is 13.4. The van der Waals surface area contributed by atoms with Crippen molar-refractivity contribution in [2.24, 2.45) is 5.73 Å². The first-order valence-corrected chi connectivity index (χ1v) is 8.52. The van der Waals surface area contributed by atoms with Crippen molar-refractivity contribution < 1.29 is 8.42 Å². The summed E-state index contributed by atoms with van der Waals surface area (Å²) in [4.78, 5) is 0.981. The molecule has 2 N–H and O–H groups in total. The van der Waals surface area contributed by atoms with Crippen LogP contribution in [0.3, 0.4) is 0 Å².